The summed E-state index contributed by atoms with van der Waals surface area (Å²) in [5, 5.41) is 8.53. The molecule has 1 aromatic carbocycles. The molecule has 2 aromatic rings. The lowest BCUT2D eigenvalue weighted by Crippen LogP contribution is -2.35. The average molecular weight is 327 g/mol. The van der Waals surface area contributed by atoms with Crippen molar-refractivity contribution in [1.29, 1.82) is 5.26 Å². The van der Waals surface area contributed by atoms with Crippen molar-refractivity contribution in [3.63, 3.8) is 0 Å². The van der Waals surface area contributed by atoms with Gasteiger partial charge in [-0.05, 0) is 25.0 Å². The van der Waals surface area contributed by atoms with Gasteiger partial charge in [0.2, 0.25) is 10.9 Å². The third-order valence-electron chi connectivity index (χ3n) is 4.29. The summed E-state index contributed by atoms with van der Waals surface area (Å²) in [7, 11) is 0. The van der Waals surface area contributed by atoms with E-state index in [-0.39, 0.29) is 17.2 Å². The molecule has 1 amide bonds. The minimum atomic E-state index is -0.595. The third kappa shape index (κ3) is 2.06. The van der Waals surface area contributed by atoms with E-state index in [4.69, 9.17) is 5.26 Å². The molecule has 1 aliphatic heterocycles. The van der Waals surface area contributed by atoms with E-state index in [1.54, 1.807) is 24.3 Å². The van der Waals surface area contributed by atoms with E-state index in [1.165, 1.54) is 4.90 Å². The van der Waals surface area contributed by atoms with Crippen molar-refractivity contribution in [1.82, 2.24) is 4.98 Å². The largest absolute Gasteiger partial charge is 0.296 e. The van der Waals surface area contributed by atoms with Gasteiger partial charge >= 0.3 is 0 Å². The van der Waals surface area contributed by atoms with Crippen molar-refractivity contribution in [2.75, 3.05) is 4.90 Å². The fraction of sp³-hybridized carbons (Fsp3) is 0.250. The van der Waals surface area contributed by atoms with Crippen LogP contribution in [-0.4, -0.2) is 22.2 Å². The molecule has 5 nitrogen and oxygen atoms in total. The highest BCUT2D eigenvalue weighted by Crippen LogP contribution is 2.52. The number of nitrogens with zero attached hydrogens (tertiary/aromatic N) is 3. The SMILES string of the molecule is N#Cc1ccc(-c2nc(N3C(=O)C(=O)CC34CC4)sc2F)cc1. The molecule has 2 heterocycles. The van der Waals surface area contributed by atoms with Crippen LogP contribution < -0.4 is 4.90 Å². The maximum atomic E-state index is 14.3. The number of nitriles is 1. The molecule has 114 valence electrons. The molecule has 23 heavy (non-hydrogen) atoms. The standard InChI is InChI=1S/C16H10FN3O2S/c17-13-12(10-3-1-9(8-18)2-4-10)19-15(23-13)20-14(22)11(21)7-16(20)5-6-16/h1-4H,5-7H2. The number of hydrogen-bond donors (Lipinski definition) is 0. The maximum absolute atomic E-state index is 14.3. The molecule has 2 aliphatic rings. The summed E-state index contributed by atoms with van der Waals surface area (Å²) in [6, 6.07) is 8.40. The van der Waals surface area contributed by atoms with E-state index in [0.29, 0.717) is 11.1 Å². The van der Waals surface area contributed by atoms with Gasteiger partial charge in [0.05, 0.1) is 17.2 Å². The lowest BCUT2D eigenvalue weighted by Gasteiger charge is -2.19. The second kappa shape index (κ2) is 4.70. The lowest BCUT2D eigenvalue weighted by molar-refractivity contribution is -0.133. The fourth-order valence-electron chi connectivity index (χ4n) is 2.90. The van der Waals surface area contributed by atoms with Gasteiger partial charge in [0.1, 0.15) is 5.69 Å². The highest BCUT2D eigenvalue weighted by Gasteiger charge is 2.59. The Morgan fingerprint density at radius 1 is 1.26 bits per heavy atom. The smallest absolute Gasteiger partial charge is 0.289 e. The highest BCUT2D eigenvalue weighted by molar-refractivity contribution is 7.14. The van der Waals surface area contributed by atoms with Gasteiger partial charge in [-0.3, -0.25) is 14.5 Å². The van der Waals surface area contributed by atoms with Crippen molar-refractivity contribution in [2.24, 2.45) is 0 Å². The molecular weight excluding hydrogens is 317 g/mol. The van der Waals surface area contributed by atoms with E-state index in [0.717, 1.165) is 24.2 Å². The number of ketones is 1. The number of Topliss-reactive ketones (excluding diaryl/α,β-unsaturated/α-hetero) is 1. The number of thiazole rings is 1. The number of anilines is 1. The van der Waals surface area contributed by atoms with Crippen LogP contribution in [-0.2, 0) is 9.59 Å². The molecule has 7 heteroatoms. The van der Waals surface area contributed by atoms with Crippen LogP contribution in [0.2, 0.25) is 0 Å². The first-order chi connectivity index (χ1) is 11.0. The van der Waals surface area contributed by atoms with E-state index < -0.39 is 22.4 Å². The molecule has 0 bridgehead atoms. The second-order valence-electron chi connectivity index (χ2n) is 5.77. The normalized spacial score (nSPS) is 18.5. The Morgan fingerprint density at radius 3 is 2.57 bits per heavy atom. The minimum Gasteiger partial charge on any atom is -0.289 e. The van der Waals surface area contributed by atoms with E-state index in [9.17, 15) is 14.0 Å². The van der Waals surface area contributed by atoms with Crippen LogP contribution in [0.3, 0.4) is 0 Å². The average Bonchev–Trinajstić information content (AvgIpc) is 3.14. The van der Waals surface area contributed by atoms with Crippen LogP contribution >= 0.6 is 11.3 Å². The summed E-state index contributed by atoms with van der Waals surface area (Å²) in [5.74, 6) is -1.03. The molecule has 4 rings (SSSR count). The Balaban J connectivity index is 1.74. The zero-order valence-corrected chi connectivity index (χ0v) is 12.7. The van der Waals surface area contributed by atoms with Crippen molar-refractivity contribution in [3.05, 3.63) is 35.0 Å². The molecule has 0 N–H and O–H groups in total. The third-order valence-corrected chi connectivity index (χ3v) is 5.11. The van der Waals surface area contributed by atoms with Crippen LogP contribution in [0.5, 0.6) is 0 Å². The van der Waals surface area contributed by atoms with E-state index in [1.807, 2.05) is 6.07 Å². The summed E-state index contributed by atoms with van der Waals surface area (Å²) in [6.45, 7) is 0. The topological polar surface area (TPSA) is 74.1 Å². The molecule has 1 aliphatic carbocycles. The van der Waals surface area contributed by atoms with Crippen LogP contribution in [0.25, 0.3) is 11.3 Å². The summed E-state index contributed by atoms with van der Waals surface area (Å²) >= 11 is 0.775. The maximum Gasteiger partial charge on any atom is 0.296 e. The Bertz CT molecular complexity index is 878. The van der Waals surface area contributed by atoms with Crippen LogP contribution in [0.15, 0.2) is 24.3 Å². The predicted molar refractivity (Wildman–Crippen MR) is 81.3 cm³/mol. The molecule has 2 fully saturated rings. The number of hydrogen-bond acceptors (Lipinski definition) is 5. The van der Waals surface area contributed by atoms with Crippen LogP contribution in [0.1, 0.15) is 24.8 Å². The van der Waals surface area contributed by atoms with Crippen molar-refractivity contribution in [3.8, 4) is 17.3 Å². The number of aromatic nitrogens is 1. The second-order valence-corrected chi connectivity index (χ2v) is 6.70. The zero-order chi connectivity index (χ0) is 16.2. The first-order valence-corrected chi connectivity index (χ1v) is 7.90. The van der Waals surface area contributed by atoms with Gasteiger partial charge < -0.3 is 0 Å². The van der Waals surface area contributed by atoms with Gasteiger partial charge in [0.15, 0.2) is 5.13 Å². The molecule has 1 aromatic heterocycles. The van der Waals surface area contributed by atoms with Gasteiger partial charge in [-0.25, -0.2) is 4.98 Å². The Labute approximate surface area is 135 Å². The number of halogens is 1. The Kier molecular flexibility index (Phi) is 2.87. The summed E-state index contributed by atoms with van der Waals surface area (Å²) in [4.78, 5) is 29.4. The van der Waals surface area contributed by atoms with Gasteiger partial charge in [0.25, 0.3) is 5.91 Å². The number of amides is 1. The van der Waals surface area contributed by atoms with Crippen molar-refractivity contribution < 1.29 is 14.0 Å². The molecule has 0 unspecified atom stereocenters. The van der Waals surface area contributed by atoms with Gasteiger partial charge in [0, 0.05) is 12.0 Å². The number of carbonyl (C=O) groups excluding carboxylic acids is 2. The lowest BCUT2D eigenvalue weighted by atomic mass is 10.1. The van der Waals surface area contributed by atoms with Crippen LogP contribution in [0, 0.1) is 16.5 Å². The van der Waals surface area contributed by atoms with Gasteiger partial charge in [-0.1, -0.05) is 23.5 Å². The van der Waals surface area contributed by atoms with Crippen LogP contribution in [0.4, 0.5) is 9.52 Å². The highest BCUT2D eigenvalue weighted by atomic mass is 32.1. The van der Waals surface area contributed by atoms with Gasteiger partial charge in [-0.15, -0.1) is 0 Å². The first-order valence-electron chi connectivity index (χ1n) is 7.08. The molecule has 1 spiro atoms. The summed E-state index contributed by atoms with van der Waals surface area (Å²) in [6.07, 6.45) is 1.69. The summed E-state index contributed by atoms with van der Waals surface area (Å²) < 4.78 is 14.3. The molecule has 0 atom stereocenters. The molecular formula is C16H10FN3O2S. The van der Waals surface area contributed by atoms with Crippen molar-refractivity contribution >= 4 is 28.2 Å². The molecule has 1 saturated heterocycles. The molecule has 0 radical (unpaired) electrons. The zero-order valence-electron chi connectivity index (χ0n) is 11.9. The molecule has 1 saturated carbocycles. The van der Waals surface area contributed by atoms with Gasteiger partial charge in [-0.2, -0.15) is 9.65 Å². The number of benzene rings is 1. The van der Waals surface area contributed by atoms with Crippen molar-refractivity contribution in [2.45, 2.75) is 24.8 Å². The Morgan fingerprint density at radius 2 is 1.96 bits per heavy atom. The fourth-order valence-corrected chi connectivity index (χ4v) is 3.82. The van der Waals surface area contributed by atoms with E-state index >= 15 is 0 Å². The quantitative estimate of drug-likeness (QED) is 0.795. The number of carbonyl (C=O) groups is 2. The predicted octanol–water partition coefficient (Wildman–Crippen LogP) is 2.66. The monoisotopic (exact) mass is 327 g/mol. The summed E-state index contributed by atoms with van der Waals surface area (Å²) in [5.41, 5.74) is 0.673. The minimum absolute atomic E-state index is 0.137. The first kappa shape index (κ1) is 14.0. The van der Waals surface area contributed by atoms with E-state index in [2.05, 4.69) is 4.98 Å². The number of rotatable bonds is 2. The Hall–Kier alpha value is -2.59.